The van der Waals surface area contributed by atoms with Crippen LogP contribution in [-0.4, -0.2) is 55.5 Å². The highest BCUT2D eigenvalue weighted by molar-refractivity contribution is 7.99. The van der Waals surface area contributed by atoms with Crippen LogP contribution in [0.1, 0.15) is 17.4 Å². The van der Waals surface area contributed by atoms with Crippen molar-refractivity contribution in [3.8, 4) is 17.2 Å². The van der Waals surface area contributed by atoms with E-state index in [9.17, 15) is 9.59 Å². The van der Waals surface area contributed by atoms with Crippen LogP contribution in [0.25, 0.3) is 0 Å². The predicted octanol–water partition coefficient (Wildman–Crippen LogP) is 2.34. The number of anilines is 1. The highest BCUT2D eigenvalue weighted by Gasteiger charge is 2.18. The lowest BCUT2D eigenvalue weighted by molar-refractivity contribution is -0.113. The van der Waals surface area contributed by atoms with Crippen LogP contribution in [0, 0.1) is 0 Å². The Bertz CT molecular complexity index is 808. The molecule has 2 rings (SSSR count). The minimum Gasteiger partial charge on any atom is -0.493 e. The largest absolute Gasteiger partial charge is 0.493 e. The lowest BCUT2D eigenvalue weighted by Gasteiger charge is -2.16. The molecule has 0 aliphatic carbocycles. The molecule has 10 heteroatoms. The van der Waals surface area contributed by atoms with E-state index in [0.29, 0.717) is 28.1 Å². The zero-order valence-electron chi connectivity index (χ0n) is 15.5. The van der Waals surface area contributed by atoms with Crippen LogP contribution in [0.2, 0.25) is 0 Å². The highest BCUT2D eigenvalue weighted by atomic mass is 32.2. The second kappa shape index (κ2) is 9.72. The number of carbonyl (C=O) groups excluding carboxylic acids is 2. The molecular formula is C17H21N3O6S. The third kappa shape index (κ3) is 5.07. The number of methoxy groups -OCH3 is 3. The van der Waals surface area contributed by atoms with Gasteiger partial charge in [-0.3, -0.25) is 4.79 Å². The Balaban J connectivity index is 2.01. The SMILES string of the molecule is CCOC(=O)c1cnc(SCC(=O)Nc2ccc(OC)c(OC)c2OC)[nH]1. The lowest BCUT2D eigenvalue weighted by Crippen LogP contribution is -2.15. The fraction of sp³-hybridized carbons (Fsp3) is 0.353. The van der Waals surface area contributed by atoms with Gasteiger partial charge in [-0.2, -0.15) is 0 Å². The number of thioether (sulfide) groups is 1. The van der Waals surface area contributed by atoms with Gasteiger partial charge in [0.15, 0.2) is 16.7 Å². The molecule has 0 unspecified atom stereocenters. The van der Waals surface area contributed by atoms with Gasteiger partial charge in [0.05, 0.1) is 45.6 Å². The third-order valence-electron chi connectivity index (χ3n) is 3.37. The molecule has 2 N–H and O–H groups in total. The molecule has 1 amide bonds. The van der Waals surface area contributed by atoms with E-state index in [2.05, 4.69) is 15.3 Å². The molecule has 0 fully saturated rings. The number of nitrogens with one attached hydrogen (secondary N) is 2. The minimum absolute atomic E-state index is 0.0767. The molecule has 9 nitrogen and oxygen atoms in total. The van der Waals surface area contributed by atoms with Gasteiger partial charge in [-0.15, -0.1) is 0 Å². The average Bonchev–Trinajstić information content (AvgIpc) is 3.15. The van der Waals surface area contributed by atoms with Gasteiger partial charge in [-0.1, -0.05) is 11.8 Å². The van der Waals surface area contributed by atoms with Crippen LogP contribution in [0.4, 0.5) is 5.69 Å². The summed E-state index contributed by atoms with van der Waals surface area (Å²) in [5.41, 5.74) is 0.689. The Morgan fingerprint density at radius 3 is 2.52 bits per heavy atom. The van der Waals surface area contributed by atoms with E-state index in [-0.39, 0.29) is 24.0 Å². The van der Waals surface area contributed by atoms with Crippen molar-refractivity contribution in [3.63, 3.8) is 0 Å². The van der Waals surface area contributed by atoms with Crippen molar-refractivity contribution in [2.75, 3.05) is 39.0 Å². The van der Waals surface area contributed by atoms with Crippen molar-refractivity contribution in [1.29, 1.82) is 0 Å². The summed E-state index contributed by atoms with van der Waals surface area (Å²) in [4.78, 5) is 30.7. The standard InChI is InChI=1S/C17H21N3O6S/c1-5-26-16(22)11-8-18-17(20-11)27-9-13(21)19-10-6-7-12(23-2)15(25-4)14(10)24-3/h6-8H,5,9H2,1-4H3,(H,18,20)(H,19,21). The van der Waals surface area contributed by atoms with Gasteiger partial charge in [0.2, 0.25) is 11.7 Å². The van der Waals surface area contributed by atoms with Crippen molar-refractivity contribution >= 4 is 29.3 Å². The van der Waals surface area contributed by atoms with Gasteiger partial charge in [-0.25, -0.2) is 9.78 Å². The molecule has 27 heavy (non-hydrogen) atoms. The maximum Gasteiger partial charge on any atom is 0.356 e. The number of aromatic amines is 1. The van der Waals surface area contributed by atoms with Gasteiger partial charge in [0, 0.05) is 0 Å². The smallest absolute Gasteiger partial charge is 0.356 e. The van der Waals surface area contributed by atoms with Gasteiger partial charge in [0.1, 0.15) is 5.69 Å². The highest BCUT2D eigenvalue weighted by Crippen LogP contribution is 2.42. The van der Waals surface area contributed by atoms with Gasteiger partial charge >= 0.3 is 5.97 Å². The first-order chi connectivity index (χ1) is 13.0. The van der Waals surface area contributed by atoms with Crippen molar-refractivity contribution in [1.82, 2.24) is 9.97 Å². The lowest BCUT2D eigenvalue weighted by atomic mass is 10.2. The van der Waals surface area contributed by atoms with E-state index >= 15 is 0 Å². The number of ether oxygens (including phenoxy) is 4. The van der Waals surface area contributed by atoms with Crippen molar-refractivity contribution in [2.45, 2.75) is 12.1 Å². The van der Waals surface area contributed by atoms with Gasteiger partial charge in [0.25, 0.3) is 0 Å². The number of carbonyl (C=O) groups is 2. The van der Waals surface area contributed by atoms with Crippen LogP contribution in [0.3, 0.4) is 0 Å². The Morgan fingerprint density at radius 1 is 1.15 bits per heavy atom. The monoisotopic (exact) mass is 395 g/mol. The average molecular weight is 395 g/mol. The maximum atomic E-state index is 12.3. The molecule has 2 aromatic rings. The van der Waals surface area contributed by atoms with E-state index in [1.165, 1.54) is 27.5 Å². The summed E-state index contributed by atoms with van der Waals surface area (Å²) in [5, 5.41) is 3.19. The predicted molar refractivity (Wildman–Crippen MR) is 100.0 cm³/mol. The molecule has 0 aliphatic heterocycles. The minimum atomic E-state index is -0.489. The molecule has 1 aromatic carbocycles. The number of amides is 1. The Kier molecular flexibility index (Phi) is 7.35. The molecule has 0 bridgehead atoms. The molecule has 0 saturated carbocycles. The number of esters is 1. The molecule has 146 valence electrons. The first kappa shape index (κ1) is 20.4. The van der Waals surface area contributed by atoms with Gasteiger partial charge in [-0.05, 0) is 19.1 Å². The first-order valence-electron chi connectivity index (χ1n) is 7.97. The number of hydrogen-bond donors (Lipinski definition) is 2. The number of H-pyrrole nitrogens is 1. The van der Waals surface area contributed by atoms with E-state index in [1.807, 2.05) is 0 Å². The second-order valence-corrected chi connectivity index (χ2v) is 6.01. The summed E-state index contributed by atoms with van der Waals surface area (Å²) in [6.45, 7) is 1.99. The zero-order chi connectivity index (χ0) is 19.8. The van der Waals surface area contributed by atoms with Crippen molar-refractivity contribution in [2.24, 2.45) is 0 Å². The molecule has 0 aliphatic rings. The Hall–Kier alpha value is -2.88. The summed E-state index contributed by atoms with van der Waals surface area (Å²) in [6, 6.07) is 3.33. The fourth-order valence-electron chi connectivity index (χ4n) is 2.21. The van der Waals surface area contributed by atoms with Crippen LogP contribution < -0.4 is 19.5 Å². The van der Waals surface area contributed by atoms with Crippen molar-refractivity contribution in [3.05, 3.63) is 24.0 Å². The molecule has 0 radical (unpaired) electrons. The van der Waals surface area contributed by atoms with Crippen LogP contribution in [0.15, 0.2) is 23.5 Å². The number of nitrogens with zero attached hydrogens (tertiary/aromatic N) is 1. The van der Waals surface area contributed by atoms with Crippen molar-refractivity contribution < 1.29 is 28.5 Å². The summed E-state index contributed by atoms with van der Waals surface area (Å²) in [6.07, 6.45) is 1.37. The van der Waals surface area contributed by atoms with E-state index < -0.39 is 5.97 Å². The first-order valence-corrected chi connectivity index (χ1v) is 8.96. The third-order valence-corrected chi connectivity index (χ3v) is 4.25. The number of hydrogen-bond acceptors (Lipinski definition) is 8. The Labute approximate surface area is 160 Å². The zero-order valence-corrected chi connectivity index (χ0v) is 16.3. The summed E-state index contributed by atoms with van der Waals surface area (Å²) < 4.78 is 20.7. The summed E-state index contributed by atoms with van der Waals surface area (Å²) >= 11 is 1.15. The van der Waals surface area contributed by atoms with Crippen LogP contribution >= 0.6 is 11.8 Å². The summed E-state index contributed by atoms with van der Waals surface area (Å²) in [5.74, 6) is 0.543. The maximum absolute atomic E-state index is 12.3. The van der Waals surface area contributed by atoms with E-state index in [0.717, 1.165) is 11.8 Å². The second-order valence-electron chi connectivity index (χ2n) is 5.04. The number of aromatic nitrogens is 2. The quantitative estimate of drug-likeness (QED) is 0.492. The molecule has 1 aromatic heterocycles. The molecule has 0 spiro atoms. The number of benzene rings is 1. The molecule has 0 saturated heterocycles. The Morgan fingerprint density at radius 2 is 1.89 bits per heavy atom. The van der Waals surface area contributed by atoms with E-state index in [4.69, 9.17) is 18.9 Å². The van der Waals surface area contributed by atoms with E-state index in [1.54, 1.807) is 19.1 Å². The molecular weight excluding hydrogens is 374 g/mol. The molecule has 0 atom stereocenters. The van der Waals surface area contributed by atoms with Gasteiger partial charge < -0.3 is 29.2 Å². The topological polar surface area (TPSA) is 112 Å². The summed E-state index contributed by atoms with van der Waals surface area (Å²) in [7, 11) is 4.47. The molecule has 1 heterocycles. The van der Waals surface area contributed by atoms with Crippen LogP contribution in [0.5, 0.6) is 17.2 Å². The fourth-order valence-corrected chi connectivity index (χ4v) is 2.86. The normalized spacial score (nSPS) is 10.2. The number of imidazole rings is 1. The van der Waals surface area contributed by atoms with Crippen LogP contribution in [-0.2, 0) is 9.53 Å². The number of rotatable bonds is 9.